The third kappa shape index (κ3) is 3.98. The van der Waals surface area contributed by atoms with Crippen molar-refractivity contribution in [1.29, 1.82) is 0 Å². The third-order valence-corrected chi connectivity index (χ3v) is 5.19. The summed E-state index contributed by atoms with van der Waals surface area (Å²) < 4.78 is 51.3. The zero-order chi connectivity index (χ0) is 21.1. The number of halogens is 3. The number of fused-ring (bicyclic) bond motifs is 1. The Labute approximate surface area is 172 Å². The fourth-order valence-electron chi connectivity index (χ4n) is 3.61. The van der Waals surface area contributed by atoms with Crippen molar-refractivity contribution in [2.75, 3.05) is 25.6 Å². The van der Waals surface area contributed by atoms with Crippen molar-refractivity contribution < 1.29 is 22.6 Å². The SMILES string of the molecule is COc1cc2nccc(NCc3cccc(C(F)F)c3F)c2cc1C1=CCOCC1. The molecule has 0 bridgehead atoms. The molecule has 0 atom stereocenters. The van der Waals surface area contributed by atoms with Gasteiger partial charge in [0.25, 0.3) is 6.43 Å². The Morgan fingerprint density at radius 1 is 1.23 bits per heavy atom. The number of nitrogens with one attached hydrogen (secondary N) is 1. The molecule has 1 aliphatic rings. The molecule has 156 valence electrons. The first-order chi connectivity index (χ1) is 14.6. The number of pyridine rings is 1. The number of anilines is 1. The zero-order valence-corrected chi connectivity index (χ0v) is 16.4. The van der Waals surface area contributed by atoms with Crippen LogP contribution in [0.4, 0.5) is 18.9 Å². The van der Waals surface area contributed by atoms with Crippen molar-refractivity contribution in [3.05, 3.63) is 71.2 Å². The van der Waals surface area contributed by atoms with E-state index in [1.165, 1.54) is 12.1 Å². The van der Waals surface area contributed by atoms with Crippen LogP contribution in [0.15, 0.2) is 48.7 Å². The number of alkyl halides is 2. The number of benzene rings is 2. The molecule has 3 aromatic rings. The second-order valence-electron chi connectivity index (χ2n) is 6.96. The average molecular weight is 414 g/mol. The van der Waals surface area contributed by atoms with E-state index in [1.807, 2.05) is 18.2 Å². The van der Waals surface area contributed by atoms with Crippen LogP contribution < -0.4 is 10.1 Å². The van der Waals surface area contributed by atoms with E-state index in [4.69, 9.17) is 9.47 Å². The first-order valence-corrected chi connectivity index (χ1v) is 9.61. The van der Waals surface area contributed by atoms with Crippen LogP contribution in [0.3, 0.4) is 0 Å². The van der Waals surface area contributed by atoms with Crippen molar-refractivity contribution in [3.8, 4) is 5.75 Å². The van der Waals surface area contributed by atoms with E-state index >= 15 is 0 Å². The first-order valence-electron chi connectivity index (χ1n) is 9.61. The lowest BCUT2D eigenvalue weighted by atomic mass is 9.98. The van der Waals surface area contributed by atoms with Crippen LogP contribution in [0, 0.1) is 5.82 Å². The van der Waals surface area contributed by atoms with Crippen molar-refractivity contribution in [2.24, 2.45) is 0 Å². The quantitative estimate of drug-likeness (QED) is 0.559. The summed E-state index contributed by atoms with van der Waals surface area (Å²) in [5.74, 6) is -0.163. The number of ether oxygens (including phenoxy) is 2. The molecule has 0 saturated carbocycles. The van der Waals surface area contributed by atoms with Crippen LogP contribution >= 0.6 is 0 Å². The second kappa shape index (κ2) is 8.75. The fourth-order valence-corrected chi connectivity index (χ4v) is 3.61. The molecule has 0 amide bonds. The summed E-state index contributed by atoms with van der Waals surface area (Å²) in [4.78, 5) is 4.41. The van der Waals surface area contributed by atoms with Gasteiger partial charge in [-0.05, 0) is 24.1 Å². The van der Waals surface area contributed by atoms with E-state index in [0.717, 1.165) is 46.0 Å². The second-order valence-corrected chi connectivity index (χ2v) is 6.96. The molecule has 1 aliphatic heterocycles. The van der Waals surface area contributed by atoms with Gasteiger partial charge in [0, 0.05) is 41.0 Å². The number of aromatic nitrogens is 1. The Balaban J connectivity index is 1.70. The maximum absolute atomic E-state index is 14.4. The van der Waals surface area contributed by atoms with Gasteiger partial charge in [0.2, 0.25) is 0 Å². The van der Waals surface area contributed by atoms with Crippen LogP contribution in [0.25, 0.3) is 16.5 Å². The number of hydrogen-bond donors (Lipinski definition) is 1. The summed E-state index contributed by atoms with van der Waals surface area (Å²) in [7, 11) is 1.62. The van der Waals surface area contributed by atoms with Crippen LogP contribution in [-0.2, 0) is 11.3 Å². The lowest BCUT2D eigenvalue weighted by molar-refractivity contribution is 0.146. The molecule has 4 rings (SSSR count). The summed E-state index contributed by atoms with van der Waals surface area (Å²) in [6, 6.07) is 9.68. The Morgan fingerprint density at radius 3 is 2.83 bits per heavy atom. The molecule has 0 fully saturated rings. The fraction of sp³-hybridized carbons (Fsp3) is 0.261. The predicted molar refractivity (Wildman–Crippen MR) is 110 cm³/mol. The number of hydrogen-bond acceptors (Lipinski definition) is 4. The molecule has 7 heteroatoms. The van der Waals surface area contributed by atoms with Gasteiger partial charge in [-0.2, -0.15) is 0 Å². The number of nitrogens with zero attached hydrogens (tertiary/aromatic N) is 1. The standard InChI is InChI=1S/C23H21F3N2O2/c1-29-21-12-20-18(11-17(21)14-6-9-30-10-7-14)19(5-8-27-20)28-13-15-3-2-4-16(22(15)24)23(25)26/h2-6,8,11-12,23H,7,9-10,13H2,1H3,(H,27,28). The first kappa shape index (κ1) is 20.2. The zero-order valence-electron chi connectivity index (χ0n) is 16.4. The van der Waals surface area contributed by atoms with E-state index in [9.17, 15) is 13.2 Å². The normalized spacial score (nSPS) is 14.1. The number of rotatable bonds is 6. The molecular formula is C23H21F3N2O2. The molecule has 1 aromatic heterocycles. The highest BCUT2D eigenvalue weighted by Gasteiger charge is 2.17. The summed E-state index contributed by atoms with van der Waals surface area (Å²) in [5, 5.41) is 4.01. The number of methoxy groups -OCH3 is 1. The molecule has 0 radical (unpaired) electrons. The molecule has 0 spiro atoms. The van der Waals surface area contributed by atoms with E-state index in [0.29, 0.717) is 13.2 Å². The Hall–Kier alpha value is -3.06. The van der Waals surface area contributed by atoms with Crippen molar-refractivity contribution in [2.45, 2.75) is 19.4 Å². The van der Waals surface area contributed by atoms with Crippen molar-refractivity contribution >= 4 is 22.2 Å². The highest BCUT2D eigenvalue weighted by Crippen LogP contribution is 2.35. The molecule has 30 heavy (non-hydrogen) atoms. The van der Waals surface area contributed by atoms with Gasteiger partial charge < -0.3 is 14.8 Å². The summed E-state index contributed by atoms with van der Waals surface area (Å²) in [5.41, 5.74) is 3.13. The average Bonchev–Trinajstić information content (AvgIpc) is 2.77. The van der Waals surface area contributed by atoms with Gasteiger partial charge in [0.1, 0.15) is 11.6 Å². The smallest absolute Gasteiger partial charge is 0.266 e. The van der Waals surface area contributed by atoms with Gasteiger partial charge in [-0.1, -0.05) is 24.3 Å². The largest absolute Gasteiger partial charge is 0.496 e. The van der Waals surface area contributed by atoms with E-state index in [-0.39, 0.29) is 12.1 Å². The van der Waals surface area contributed by atoms with Gasteiger partial charge in [0.15, 0.2) is 0 Å². The van der Waals surface area contributed by atoms with E-state index in [2.05, 4.69) is 10.3 Å². The van der Waals surface area contributed by atoms with Gasteiger partial charge in [-0.25, -0.2) is 13.2 Å². The molecule has 2 aromatic carbocycles. The van der Waals surface area contributed by atoms with Gasteiger partial charge in [-0.3, -0.25) is 4.98 Å². The molecule has 0 saturated heterocycles. The third-order valence-electron chi connectivity index (χ3n) is 5.19. The highest BCUT2D eigenvalue weighted by atomic mass is 19.3. The van der Waals surface area contributed by atoms with Gasteiger partial charge >= 0.3 is 0 Å². The van der Waals surface area contributed by atoms with E-state index < -0.39 is 17.8 Å². The molecular weight excluding hydrogens is 393 g/mol. The van der Waals surface area contributed by atoms with Gasteiger partial charge in [0.05, 0.1) is 31.4 Å². The Morgan fingerprint density at radius 2 is 2.10 bits per heavy atom. The van der Waals surface area contributed by atoms with Crippen LogP contribution in [0.1, 0.15) is 29.5 Å². The summed E-state index contributed by atoms with van der Waals surface area (Å²) >= 11 is 0. The molecule has 4 nitrogen and oxygen atoms in total. The molecule has 2 heterocycles. The minimum Gasteiger partial charge on any atom is -0.496 e. The van der Waals surface area contributed by atoms with Crippen LogP contribution in [0.2, 0.25) is 0 Å². The van der Waals surface area contributed by atoms with Crippen molar-refractivity contribution in [1.82, 2.24) is 4.98 Å². The topological polar surface area (TPSA) is 43.4 Å². The summed E-state index contributed by atoms with van der Waals surface area (Å²) in [6.45, 7) is 1.27. The molecule has 0 aliphatic carbocycles. The van der Waals surface area contributed by atoms with Crippen molar-refractivity contribution in [3.63, 3.8) is 0 Å². The predicted octanol–water partition coefficient (Wildman–Crippen LogP) is 5.74. The lowest BCUT2D eigenvalue weighted by Gasteiger charge is -2.18. The molecule has 1 N–H and O–H groups in total. The minimum absolute atomic E-state index is 0.0728. The summed E-state index contributed by atoms with van der Waals surface area (Å²) in [6.07, 6.45) is 1.59. The van der Waals surface area contributed by atoms with Crippen LogP contribution in [0.5, 0.6) is 5.75 Å². The monoisotopic (exact) mass is 414 g/mol. The van der Waals surface area contributed by atoms with E-state index in [1.54, 1.807) is 19.4 Å². The maximum Gasteiger partial charge on any atom is 0.266 e. The van der Waals surface area contributed by atoms with Gasteiger partial charge in [-0.15, -0.1) is 0 Å². The lowest BCUT2D eigenvalue weighted by Crippen LogP contribution is -2.06. The molecule has 0 unspecified atom stereocenters. The minimum atomic E-state index is -2.85. The Bertz CT molecular complexity index is 1100. The highest BCUT2D eigenvalue weighted by molar-refractivity contribution is 5.95. The Kier molecular flexibility index (Phi) is 5.90. The maximum atomic E-state index is 14.4. The van der Waals surface area contributed by atoms with Crippen LogP contribution in [-0.4, -0.2) is 25.3 Å².